The summed E-state index contributed by atoms with van der Waals surface area (Å²) < 4.78 is 5.74. The Labute approximate surface area is 115 Å². The summed E-state index contributed by atoms with van der Waals surface area (Å²) >= 11 is 0. The van der Waals surface area contributed by atoms with Crippen LogP contribution in [0, 0.1) is 13.8 Å². The number of hydrogen-bond acceptors (Lipinski definition) is 3. The van der Waals surface area contributed by atoms with Gasteiger partial charge in [-0.05, 0) is 50.3 Å². The van der Waals surface area contributed by atoms with Gasteiger partial charge >= 0.3 is 0 Å². The van der Waals surface area contributed by atoms with E-state index in [1.165, 1.54) is 5.56 Å². The zero-order valence-corrected chi connectivity index (χ0v) is 12.2. The lowest BCUT2D eigenvalue weighted by molar-refractivity contribution is -0.124. The van der Waals surface area contributed by atoms with Crippen LogP contribution in [0.5, 0.6) is 5.75 Å². The molecule has 2 unspecified atom stereocenters. The van der Waals surface area contributed by atoms with E-state index in [4.69, 9.17) is 16.2 Å². The average molecular weight is 264 g/mol. The Morgan fingerprint density at radius 2 is 1.84 bits per heavy atom. The molecule has 1 rings (SSSR count). The monoisotopic (exact) mass is 264 g/mol. The Morgan fingerprint density at radius 3 is 2.21 bits per heavy atom. The smallest absolute Gasteiger partial charge is 0.258 e. The molecule has 1 amide bonds. The van der Waals surface area contributed by atoms with Gasteiger partial charge in [0.15, 0.2) is 6.10 Å². The second-order valence-corrected chi connectivity index (χ2v) is 5.16. The molecule has 0 aliphatic heterocycles. The van der Waals surface area contributed by atoms with Crippen LogP contribution in [0.4, 0.5) is 0 Å². The van der Waals surface area contributed by atoms with Crippen molar-refractivity contribution in [1.82, 2.24) is 0 Å². The number of benzene rings is 1. The molecule has 106 valence electrons. The molecular weight excluding hydrogens is 240 g/mol. The molecule has 4 nitrogen and oxygen atoms in total. The number of ether oxygens (including phenoxy) is 1. The minimum Gasteiger partial charge on any atom is -0.480 e. The second-order valence-electron chi connectivity index (χ2n) is 5.16. The molecule has 1 aromatic rings. The van der Waals surface area contributed by atoms with E-state index in [-0.39, 0.29) is 6.04 Å². The minimum atomic E-state index is -0.573. The van der Waals surface area contributed by atoms with Crippen LogP contribution in [0.15, 0.2) is 12.1 Å². The van der Waals surface area contributed by atoms with Crippen LogP contribution in [-0.2, 0) is 11.2 Å². The highest BCUT2D eigenvalue weighted by atomic mass is 16.5. The molecule has 0 aliphatic rings. The first-order valence-electron chi connectivity index (χ1n) is 6.66. The van der Waals surface area contributed by atoms with E-state index in [1.54, 1.807) is 0 Å². The molecule has 0 radical (unpaired) electrons. The number of primary amides is 1. The van der Waals surface area contributed by atoms with Crippen molar-refractivity contribution in [2.24, 2.45) is 11.5 Å². The van der Waals surface area contributed by atoms with Crippen LogP contribution in [0.25, 0.3) is 0 Å². The Bertz CT molecular complexity index is 432. The molecule has 4 N–H and O–H groups in total. The third kappa shape index (κ3) is 4.24. The fourth-order valence-electron chi connectivity index (χ4n) is 2.20. The fourth-order valence-corrected chi connectivity index (χ4v) is 2.20. The molecule has 0 saturated heterocycles. The summed E-state index contributed by atoms with van der Waals surface area (Å²) in [7, 11) is 0. The second kappa shape index (κ2) is 6.57. The Kier molecular flexibility index (Phi) is 5.36. The van der Waals surface area contributed by atoms with Gasteiger partial charge < -0.3 is 16.2 Å². The van der Waals surface area contributed by atoms with Crippen molar-refractivity contribution in [2.75, 3.05) is 0 Å². The zero-order valence-electron chi connectivity index (χ0n) is 12.2. The number of amides is 1. The zero-order chi connectivity index (χ0) is 14.6. The van der Waals surface area contributed by atoms with Crippen molar-refractivity contribution in [3.63, 3.8) is 0 Å². The van der Waals surface area contributed by atoms with E-state index in [9.17, 15) is 4.79 Å². The summed E-state index contributed by atoms with van der Waals surface area (Å²) in [5.41, 5.74) is 14.3. The first kappa shape index (κ1) is 15.5. The van der Waals surface area contributed by atoms with Gasteiger partial charge in [-0.15, -0.1) is 0 Å². The van der Waals surface area contributed by atoms with Crippen LogP contribution in [0.3, 0.4) is 0 Å². The molecule has 0 aromatic heterocycles. The molecule has 0 spiro atoms. The van der Waals surface area contributed by atoms with Gasteiger partial charge in [-0.3, -0.25) is 4.79 Å². The van der Waals surface area contributed by atoms with Gasteiger partial charge in [-0.1, -0.05) is 19.1 Å². The highest BCUT2D eigenvalue weighted by molar-refractivity contribution is 5.79. The lowest BCUT2D eigenvalue weighted by atomic mass is 10.0. The summed E-state index contributed by atoms with van der Waals surface area (Å²) in [6, 6.07) is 4.23. The van der Waals surface area contributed by atoms with E-state index >= 15 is 0 Å². The summed E-state index contributed by atoms with van der Waals surface area (Å²) in [4.78, 5) is 11.3. The minimum absolute atomic E-state index is 0.125. The molecule has 2 atom stereocenters. The van der Waals surface area contributed by atoms with Gasteiger partial charge in [0.2, 0.25) is 0 Å². The van der Waals surface area contributed by atoms with Crippen molar-refractivity contribution in [3.05, 3.63) is 28.8 Å². The van der Waals surface area contributed by atoms with Crippen molar-refractivity contribution in [1.29, 1.82) is 0 Å². The summed E-state index contributed by atoms with van der Waals surface area (Å²) in [5, 5.41) is 0. The van der Waals surface area contributed by atoms with Crippen LogP contribution >= 0.6 is 0 Å². The van der Waals surface area contributed by atoms with Gasteiger partial charge in [-0.2, -0.15) is 0 Å². The van der Waals surface area contributed by atoms with Crippen molar-refractivity contribution < 1.29 is 9.53 Å². The van der Waals surface area contributed by atoms with Crippen LogP contribution < -0.4 is 16.2 Å². The van der Waals surface area contributed by atoms with Gasteiger partial charge in [0.1, 0.15) is 5.75 Å². The summed E-state index contributed by atoms with van der Waals surface area (Å²) in [6.07, 6.45) is 0.821. The van der Waals surface area contributed by atoms with Crippen molar-refractivity contribution >= 4 is 5.91 Å². The van der Waals surface area contributed by atoms with Gasteiger partial charge in [0.25, 0.3) is 5.91 Å². The fraction of sp³-hybridized carbons (Fsp3) is 0.533. The highest BCUT2D eigenvalue weighted by Crippen LogP contribution is 2.26. The maximum atomic E-state index is 11.3. The summed E-state index contributed by atoms with van der Waals surface area (Å²) in [6.45, 7) is 7.81. The lowest BCUT2D eigenvalue weighted by Gasteiger charge is -2.19. The molecule has 0 bridgehead atoms. The quantitative estimate of drug-likeness (QED) is 0.823. The maximum Gasteiger partial charge on any atom is 0.258 e. The molecule has 4 heteroatoms. The van der Waals surface area contributed by atoms with E-state index in [0.717, 1.165) is 23.3 Å². The lowest BCUT2D eigenvalue weighted by Crippen LogP contribution is -2.33. The Balaban J connectivity index is 2.99. The largest absolute Gasteiger partial charge is 0.480 e. The van der Waals surface area contributed by atoms with Crippen LogP contribution in [0.2, 0.25) is 0 Å². The Hall–Kier alpha value is -1.55. The summed E-state index contributed by atoms with van der Waals surface area (Å²) in [5.74, 6) is 0.319. The molecule has 0 saturated carbocycles. The number of carbonyl (C=O) groups is 1. The first-order valence-corrected chi connectivity index (χ1v) is 6.66. The Morgan fingerprint density at radius 1 is 1.32 bits per heavy atom. The predicted molar refractivity (Wildman–Crippen MR) is 77.2 cm³/mol. The van der Waals surface area contributed by atoms with Gasteiger partial charge in [0, 0.05) is 6.04 Å². The van der Waals surface area contributed by atoms with Crippen molar-refractivity contribution in [3.8, 4) is 5.75 Å². The number of nitrogens with two attached hydrogens (primary N) is 2. The highest BCUT2D eigenvalue weighted by Gasteiger charge is 2.17. The predicted octanol–water partition coefficient (Wildman–Crippen LogP) is 1.84. The number of hydrogen-bond donors (Lipinski definition) is 2. The first-order chi connectivity index (χ1) is 8.85. The van der Waals surface area contributed by atoms with E-state index < -0.39 is 12.0 Å². The molecule has 19 heavy (non-hydrogen) atoms. The molecule has 0 heterocycles. The van der Waals surface area contributed by atoms with E-state index in [0.29, 0.717) is 6.42 Å². The molecule has 0 fully saturated rings. The van der Waals surface area contributed by atoms with Gasteiger partial charge in [-0.25, -0.2) is 0 Å². The molecule has 1 aromatic carbocycles. The molecule has 0 aliphatic carbocycles. The SMILES string of the molecule is CCC(Oc1c(C)cc(CC(C)N)cc1C)C(N)=O. The normalized spacial score (nSPS) is 13.9. The van der Waals surface area contributed by atoms with Crippen LogP contribution in [-0.4, -0.2) is 18.1 Å². The van der Waals surface area contributed by atoms with Gasteiger partial charge in [0.05, 0.1) is 0 Å². The van der Waals surface area contributed by atoms with Crippen molar-refractivity contribution in [2.45, 2.75) is 52.7 Å². The maximum absolute atomic E-state index is 11.3. The van der Waals surface area contributed by atoms with Crippen LogP contribution in [0.1, 0.15) is 37.0 Å². The number of aryl methyl sites for hydroxylation is 2. The topological polar surface area (TPSA) is 78.3 Å². The van der Waals surface area contributed by atoms with E-state index in [1.807, 2.05) is 27.7 Å². The van der Waals surface area contributed by atoms with E-state index in [2.05, 4.69) is 12.1 Å². The standard InChI is InChI=1S/C15H24N2O2/c1-5-13(15(17)18)19-14-9(2)6-12(7-10(14)3)8-11(4)16/h6-7,11,13H,5,8,16H2,1-4H3,(H2,17,18). The third-order valence-corrected chi connectivity index (χ3v) is 3.03. The third-order valence-electron chi connectivity index (χ3n) is 3.03. The number of rotatable bonds is 6. The average Bonchev–Trinajstić information content (AvgIpc) is 2.26. The molecular formula is C15H24N2O2. The number of carbonyl (C=O) groups excluding carboxylic acids is 1.